The van der Waals surface area contributed by atoms with Gasteiger partial charge in [-0.1, -0.05) is 0 Å². The van der Waals surface area contributed by atoms with Crippen LogP contribution in [0.3, 0.4) is 0 Å². The number of rotatable bonds is 0. The van der Waals surface area contributed by atoms with Crippen LogP contribution in [0.15, 0.2) is 36.4 Å². The van der Waals surface area contributed by atoms with Crippen LogP contribution in [-0.2, 0) is 20.4 Å². The van der Waals surface area contributed by atoms with Crippen LogP contribution in [-0.4, -0.2) is 0 Å². The average Bonchev–Trinajstić information content (AvgIpc) is 2.05. The van der Waals surface area contributed by atoms with E-state index in [1.807, 2.05) is 30.3 Å². The average molecular weight is 579 g/mol. The zero-order chi connectivity index (χ0) is 6.81. The van der Waals surface area contributed by atoms with Crippen molar-refractivity contribution in [2.45, 2.75) is 0 Å². The van der Waals surface area contributed by atoms with Crippen LogP contribution < -0.4 is 0 Å². The Hall–Kier alpha value is -1.64. The summed E-state index contributed by atoms with van der Waals surface area (Å²) in [4.78, 5) is 0. The van der Waals surface area contributed by atoms with Gasteiger partial charge in [-0.25, -0.2) is 23.6 Å². The SMILES string of the molecule is [Re].[Rf].[c-]1ccc2ccc[c-]c2c1. The molecule has 0 amide bonds. The molecule has 0 saturated heterocycles. The Labute approximate surface area is 79.9 Å². The molecule has 0 unspecified atom stereocenters. The molecule has 2 aromatic rings. The van der Waals surface area contributed by atoms with Crippen LogP contribution in [0.25, 0.3) is 10.8 Å². The summed E-state index contributed by atoms with van der Waals surface area (Å²) in [5, 5.41) is 2.35. The smallest absolute Gasteiger partial charge is 0 e. The Balaban J connectivity index is 0.000000605. The van der Waals surface area contributed by atoms with Crippen molar-refractivity contribution in [2.24, 2.45) is 0 Å². The van der Waals surface area contributed by atoms with Crippen LogP contribution in [0.5, 0.6) is 0 Å². The van der Waals surface area contributed by atoms with Gasteiger partial charge in [0.25, 0.3) is 0 Å². The molecule has 57 valence electrons. The summed E-state index contributed by atoms with van der Waals surface area (Å²) in [6.07, 6.45) is 0. The maximum atomic E-state index is 3.12. The normalized spacial score (nSPS) is 8.33. The molecule has 0 saturated carbocycles. The molecular formula is C10H6ReRf-2. The van der Waals surface area contributed by atoms with Crippen molar-refractivity contribution in [2.75, 3.05) is 0 Å². The minimum Gasteiger partial charge on any atom is -0.255 e. The largest absolute Gasteiger partial charge is 0.255 e. The molecular weight excluding hydrogens is 573 g/mol. The van der Waals surface area contributed by atoms with E-state index < -0.39 is 0 Å². The first-order valence-corrected chi connectivity index (χ1v) is 3.23. The van der Waals surface area contributed by atoms with Gasteiger partial charge in [0.15, 0.2) is 0 Å². The molecule has 0 aliphatic carbocycles. The maximum Gasteiger partial charge on any atom is 0 e. The van der Waals surface area contributed by atoms with Crippen molar-refractivity contribution in [3.63, 3.8) is 0 Å². The molecule has 0 bridgehead atoms. The van der Waals surface area contributed by atoms with Crippen molar-refractivity contribution in [1.29, 1.82) is 0 Å². The van der Waals surface area contributed by atoms with Gasteiger partial charge in [0.1, 0.15) is 0 Å². The van der Waals surface area contributed by atoms with E-state index in [1.54, 1.807) is 0 Å². The Morgan fingerprint density at radius 1 is 1.08 bits per heavy atom. The van der Waals surface area contributed by atoms with Gasteiger partial charge in [0, 0.05) is 20.4 Å². The first-order valence-electron chi connectivity index (χ1n) is 3.23. The van der Waals surface area contributed by atoms with Crippen molar-refractivity contribution in [3.05, 3.63) is 48.5 Å². The van der Waals surface area contributed by atoms with E-state index in [2.05, 4.69) is 18.2 Å². The van der Waals surface area contributed by atoms with E-state index in [0.717, 1.165) is 5.39 Å². The predicted octanol–water partition coefficient (Wildman–Crippen LogP) is 2.44. The molecule has 0 atom stereocenters. The Kier molecular flexibility index (Phi) is 3.70. The van der Waals surface area contributed by atoms with Gasteiger partial charge in [-0.05, 0) is 0 Å². The van der Waals surface area contributed by atoms with Gasteiger partial charge >= 0.3 is 0 Å². The van der Waals surface area contributed by atoms with E-state index in [0.29, 0.717) is 0 Å². The fourth-order valence-electron chi connectivity index (χ4n) is 1.00. The van der Waals surface area contributed by atoms with Crippen molar-refractivity contribution in [3.8, 4) is 0 Å². The van der Waals surface area contributed by atoms with Crippen LogP contribution in [0.2, 0.25) is 0 Å². The summed E-state index contributed by atoms with van der Waals surface area (Å²) in [6, 6.07) is 18.0. The van der Waals surface area contributed by atoms with Gasteiger partial charge in [-0.2, -0.15) is 18.2 Å². The molecule has 0 nitrogen and oxygen atoms in total. The molecule has 2 rings (SSSR count). The van der Waals surface area contributed by atoms with Crippen LogP contribution in [0.4, 0.5) is 0 Å². The Morgan fingerprint density at radius 3 is 2.67 bits per heavy atom. The second-order valence-electron chi connectivity index (χ2n) is 2.18. The summed E-state index contributed by atoms with van der Waals surface area (Å²) in [7, 11) is 0. The third kappa shape index (κ3) is 1.69. The summed E-state index contributed by atoms with van der Waals surface area (Å²) in [5.74, 6) is 0. The van der Waals surface area contributed by atoms with Crippen molar-refractivity contribution < 1.29 is 20.4 Å². The quantitative estimate of drug-likeness (QED) is 0.421. The Bertz CT molecular complexity index is 281. The van der Waals surface area contributed by atoms with E-state index in [-0.39, 0.29) is 20.4 Å². The molecule has 0 aromatic heterocycles. The van der Waals surface area contributed by atoms with Crippen LogP contribution >= 0.6 is 0 Å². The fourth-order valence-corrected chi connectivity index (χ4v) is 1.00. The molecule has 2 aromatic carbocycles. The molecule has 2 heteroatoms. The molecule has 0 N–H and O–H groups in total. The van der Waals surface area contributed by atoms with Gasteiger partial charge in [-0.15, -0.1) is 6.07 Å². The first-order chi connectivity index (χ1) is 4.97. The standard InChI is InChI=1S/C10H6.Re.Rf/c1-2-6-10-8-4-3-7-9(10)5-1;;/h1-3,5,7-8H;;/q-2;;. The zero-order valence-corrected chi connectivity index (χ0v) is 15.7. The number of fused-ring (bicyclic) bond motifs is 1. The first kappa shape index (κ1) is 10.4. The van der Waals surface area contributed by atoms with Gasteiger partial charge < -0.3 is 0 Å². The Morgan fingerprint density at radius 2 is 1.92 bits per heavy atom. The molecule has 1 radical (unpaired) electrons. The van der Waals surface area contributed by atoms with E-state index in [4.69, 9.17) is 0 Å². The van der Waals surface area contributed by atoms with Gasteiger partial charge in [0.05, 0.1) is 0 Å². The van der Waals surface area contributed by atoms with E-state index >= 15 is 0 Å². The summed E-state index contributed by atoms with van der Waals surface area (Å²) < 4.78 is 0. The number of hydrogen-bond donors (Lipinski definition) is 0. The van der Waals surface area contributed by atoms with Crippen LogP contribution in [0, 0.1) is 12.1 Å². The topological polar surface area (TPSA) is 0 Å². The zero-order valence-electron chi connectivity index (χ0n) is 6.55. The molecule has 0 heterocycles. The monoisotopic (exact) mass is 580 g/mol. The van der Waals surface area contributed by atoms with Crippen molar-refractivity contribution in [1.82, 2.24) is 0 Å². The van der Waals surface area contributed by atoms with Gasteiger partial charge in [0.2, 0.25) is 0 Å². The molecule has 0 spiro atoms. The minimum absolute atomic E-state index is 0. The maximum absolute atomic E-state index is 3.12. The second-order valence-corrected chi connectivity index (χ2v) is 2.18. The number of benzene rings is 2. The summed E-state index contributed by atoms with van der Waals surface area (Å²) >= 11 is 0. The third-order valence-electron chi connectivity index (χ3n) is 1.51. The van der Waals surface area contributed by atoms with E-state index in [9.17, 15) is 0 Å². The van der Waals surface area contributed by atoms with E-state index in [1.165, 1.54) is 5.39 Å². The van der Waals surface area contributed by atoms with Crippen LogP contribution in [0.1, 0.15) is 0 Å². The second kappa shape index (κ2) is 4.28. The fraction of sp³-hybridized carbons (Fsp3) is 0. The molecule has 0 fully saturated rings. The predicted molar refractivity (Wildman–Crippen MR) is 41.6 cm³/mol. The molecule has 12 heavy (non-hydrogen) atoms. The van der Waals surface area contributed by atoms with Gasteiger partial charge in [-0.3, -0.25) is 11.5 Å². The summed E-state index contributed by atoms with van der Waals surface area (Å²) in [6.45, 7) is 0. The number of hydrogen-bond acceptors (Lipinski definition) is 0. The molecule has 0 aliphatic rings. The third-order valence-corrected chi connectivity index (χ3v) is 1.51. The summed E-state index contributed by atoms with van der Waals surface area (Å²) in [5.41, 5.74) is 0. The van der Waals surface area contributed by atoms with Crippen molar-refractivity contribution >= 4 is 10.8 Å². The molecule has 0 aliphatic heterocycles. The minimum atomic E-state index is 0.